The maximum Gasteiger partial charge on any atom is 0.318 e. The first kappa shape index (κ1) is 9.58. The standard InChI is InChI=1S/C11H10O4/c1-14-8-4-2-7(3-5-8)9-6-10(12)15-11(9)13/h2-5,13H,6H2,1H3. The summed E-state index contributed by atoms with van der Waals surface area (Å²) in [6, 6.07) is 7.06. The molecule has 4 nitrogen and oxygen atoms in total. The molecule has 0 aromatic heterocycles. The fourth-order valence-electron chi connectivity index (χ4n) is 1.44. The Hall–Kier alpha value is -1.97. The van der Waals surface area contributed by atoms with E-state index in [-0.39, 0.29) is 12.4 Å². The van der Waals surface area contributed by atoms with Crippen LogP contribution in [0.2, 0.25) is 0 Å². The van der Waals surface area contributed by atoms with Gasteiger partial charge in [0.1, 0.15) is 5.75 Å². The van der Waals surface area contributed by atoms with Crippen molar-refractivity contribution in [2.75, 3.05) is 7.11 Å². The van der Waals surface area contributed by atoms with Gasteiger partial charge in [0.15, 0.2) is 0 Å². The SMILES string of the molecule is COc1ccc(C2=C(O)OC(=O)C2)cc1. The number of carbonyl (C=O) groups is 1. The van der Waals surface area contributed by atoms with Crippen LogP contribution in [0.5, 0.6) is 5.75 Å². The Morgan fingerprint density at radius 1 is 1.33 bits per heavy atom. The second-order valence-electron chi connectivity index (χ2n) is 3.16. The van der Waals surface area contributed by atoms with Crippen LogP contribution in [0, 0.1) is 0 Å². The first-order valence-electron chi connectivity index (χ1n) is 4.48. The molecule has 1 aliphatic heterocycles. The van der Waals surface area contributed by atoms with Crippen LogP contribution in [-0.2, 0) is 9.53 Å². The molecular weight excluding hydrogens is 196 g/mol. The number of carbonyl (C=O) groups excluding carboxylic acids is 1. The van der Waals surface area contributed by atoms with Gasteiger partial charge in [-0.2, -0.15) is 0 Å². The molecule has 1 heterocycles. The topological polar surface area (TPSA) is 55.8 Å². The van der Waals surface area contributed by atoms with Gasteiger partial charge in [0.25, 0.3) is 5.95 Å². The van der Waals surface area contributed by atoms with Gasteiger partial charge in [-0.25, -0.2) is 0 Å². The summed E-state index contributed by atoms with van der Waals surface area (Å²) in [4.78, 5) is 10.9. The van der Waals surface area contributed by atoms with Crippen molar-refractivity contribution in [2.45, 2.75) is 6.42 Å². The van der Waals surface area contributed by atoms with Crippen LogP contribution >= 0.6 is 0 Å². The van der Waals surface area contributed by atoms with Crippen LogP contribution in [0.15, 0.2) is 30.2 Å². The molecule has 0 atom stereocenters. The molecule has 0 saturated heterocycles. The predicted molar refractivity (Wildman–Crippen MR) is 53.3 cm³/mol. The third kappa shape index (κ3) is 1.79. The van der Waals surface area contributed by atoms with Gasteiger partial charge in [-0.05, 0) is 17.7 Å². The Kier molecular flexibility index (Phi) is 2.33. The summed E-state index contributed by atoms with van der Waals surface area (Å²) in [6.07, 6.45) is 0.109. The number of cyclic esters (lactones) is 1. The van der Waals surface area contributed by atoms with Gasteiger partial charge >= 0.3 is 5.97 Å². The average Bonchev–Trinajstić information content (AvgIpc) is 2.58. The lowest BCUT2D eigenvalue weighted by Crippen LogP contribution is -1.92. The molecule has 0 saturated carbocycles. The van der Waals surface area contributed by atoms with E-state index in [0.717, 1.165) is 11.3 Å². The summed E-state index contributed by atoms with van der Waals surface area (Å²) in [5, 5.41) is 9.34. The summed E-state index contributed by atoms with van der Waals surface area (Å²) in [5.41, 5.74) is 1.28. The molecule has 0 amide bonds. The Bertz CT molecular complexity index is 417. The van der Waals surface area contributed by atoms with Crippen LogP contribution in [0.4, 0.5) is 0 Å². The van der Waals surface area contributed by atoms with Crippen LogP contribution in [0.1, 0.15) is 12.0 Å². The summed E-state index contributed by atoms with van der Waals surface area (Å²) < 4.78 is 9.55. The van der Waals surface area contributed by atoms with Gasteiger partial charge in [-0.15, -0.1) is 0 Å². The lowest BCUT2D eigenvalue weighted by molar-refractivity contribution is -0.139. The monoisotopic (exact) mass is 206 g/mol. The van der Waals surface area contributed by atoms with Gasteiger partial charge in [0.05, 0.1) is 19.1 Å². The van der Waals surface area contributed by atoms with Crippen molar-refractivity contribution in [1.29, 1.82) is 0 Å². The van der Waals surface area contributed by atoms with Crippen molar-refractivity contribution in [3.05, 3.63) is 35.8 Å². The Balaban J connectivity index is 2.30. The number of aliphatic hydroxyl groups excluding tert-OH is 1. The van der Waals surface area contributed by atoms with E-state index in [0.29, 0.717) is 5.57 Å². The molecular formula is C11H10O4. The van der Waals surface area contributed by atoms with Crippen LogP contribution in [0.3, 0.4) is 0 Å². The van der Waals surface area contributed by atoms with E-state index in [1.54, 1.807) is 31.4 Å². The van der Waals surface area contributed by atoms with Gasteiger partial charge < -0.3 is 14.6 Å². The number of methoxy groups -OCH3 is 1. The van der Waals surface area contributed by atoms with Crippen molar-refractivity contribution in [1.82, 2.24) is 0 Å². The highest BCUT2D eigenvalue weighted by molar-refractivity contribution is 5.90. The zero-order valence-electron chi connectivity index (χ0n) is 8.19. The van der Waals surface area contributed by atoms with Crippen LogP contribution in [-0.4, -0.2) is 18.2 Å². The lowest BCUT2D eigenvalue weighted by Gasteiger charge is -2.02. The molecule has 0 unspecified atom stereocenters. The second-order valence-corrected chi connectivity index (χ2v) is 3.16. The summed E-state index contributed by atoms with van der Waals surface area (Å²) in [5.74, 6) is -0.00688. The zero-order chi connectivity index (χ0) is 10.8. The largest absolute Gasteiger partial charge is 0.497 e. The van der Waals surface area contributed by atoms with Crippen molar-refractivity contribution in [3.8, 4) is 5.75 Å². The third-order valence-corrected chi connectivity index (χ3v) is 2.23. The molecule has 1 aromatic carbocycles. The molecule has 1 N–H and O–H groups in total. The number of rotatable bonds is 2. The van der Waals surface area contributed by atoms with E-state index in [4.69, 9.17) is 4.74 Å². The summed E-state index contributed by atoms with van der Waals surface area (Å²) in [7, 11) is 1.58. The van der Waals surface area contributed by atoms with Crippen molar-refractivity contribution in [3.63, 3.8) is 0 Å². The van der Waals surface area contributed by atoms with Gasteiger partial charge in [-0.1, -0.05) is 12.1 Å². The molecule has 0 radical (unpaired) electrons. The fraction of sp³-hybridized carbons (Fsp3) is 0.182. The molecule has 1 aliphatic rings. The normalized spacial score (nSPS) is 15.4. The summed E-state index contributed by atoms with van der Waals surface area (Å²) in [6.45, 7) is 0. The van der Waals surface area contributed by atoms with Gasteiger partial charge in [0.2, 0.25) is 0 Å². The number of hydrogen-bond donors (Lipinski definition) is 1. The predicted octanol–water partition coefficient (Wildman–Crippen LogP) is 1.87. The highest BCUT2D eigenvalue weighted by Gasteiger charge is 2.24. The molecule has 2 rings (SSSR count). The Morgan fingerprint density at radius 2 is 2.00 bits per heavy atom. The van der Waals surface area contributed by atoms with E-state index in [2.05, 4.69) is 4.74 Å². The average molecular weight is 206 g/mol. The zero-order valence-corrected chi connectivity index (χ0v) is 8.19. The van der Waals surface area contributed by atoms with E-state index >= 15 is 0 Å². The third-order valence-electron chi connectivity index (χ3n) is 2.23. The minimum Gasteiger partial charge on any atom is -0.497 e. The lowest BCUT2D eigenvalue weighted by atomic mass is 10.1. The van der Waals surface area contributed by atoms with Crippen molar-refractivity contribution in [2.24, 2.45) is 0 Å². The van der Waals surface area contributed by atoms with E-state index in [9.17, 15) is 9.90 Å². The molecule has 0 fully saturated rings. The van der Waals surface area contributed by atoms with Crippen molar-refractivity contribution >= 4 is 11.5 Å². The number of esters is 1. The number of benzene rings is 1. The molecule has 0 spiro atoms. The molecule has 0 aliphatic carbocycles. The quantitative estimate of drug-likeness (QED) is 0.750. The second kappa shape index (κ2) is 3.65. The first-order valence-corrected chi connectivity index (χ1v) is 4.48. The smallest absolute Gasteiger partial charge is 0.318 e. The molecule has 4 heteroatoms. The minimum atomic E-state index is -0.432. The maximum absolute atomic E-state index is 10.9. The number of ether oxygens (including phenoxy) is 2. The number of hydrogen-bond acceptors (Lipinski definition) is 4. The van der Waals surface area contributed by atoms with E-state index in [1.165, 1.54) is 0 Å². The van der Waals surface area contributed by atoms with Crippen LogP contribution in [0.25, 0.3) is 5.57 Å². The maximum atomic E-state index is 10.9. The molecule has 0 bridgehead atoms. The van der Waals surface area contributed by atoms with Crippen molar-refractivity contribution < 1.29 is 19.4 Å². The molecule has 1 aromatic rings. The summed E-state index contributed by atoms with van der Waals surface area (Å²) >= 11 is 0. The highest BCUT2D eigenvalue weighted by Crippen LogP contribution is 2.29. The molecule has 15 heavy (non-hydrogen) atoms. The minimum absolute atomic E-state index is 0.109. The first-order chi connectivity index (χ1) is 7.20. The van der Waals surface area contributed by atoms with Gasteiger partial charge in [-0.3, -0.25) is 4.79 Å². The molecule has 78 valence electrons. The number of aliphatic hydroxyl groups is 1. The van der Waals surface area contributed by atoms with Crippen LogP contribution < -0.4 is 4.74 Å². The fourth-order valence-corrected chi connectivity index (χ4v) is 1.44. The van der Waals surface area contributed by atoms with E-state index in [1.807, 2.05) is 0 Å². The van der Waals surface area contributed by atoms with Gasteiger partial charge in [0, 0.05) is 0 Å². The van der Waals surface area contributed by atoms with E-state index < -0.39 is 5.97 Å². The highest BCUT2D eigenvalue weighted by atomic mass is 16.6. The Labute approximate surface area is 86.7 Å². The Morgan fingerprint density at radius 3 is 2.47 bits per heavy atom.